The summed E-state index contributed by atoms with van der Waals surface area (Å²) in [4.78, 5) is 28.3. The first kappa shape index (κ1) is 28.8. The molecule has 0 fully saturated rings. The first-order valence-corrected chi connectivity index (χ1v) is 11.8. The summed E-state index contributed by atoms with van der Waals surface area (Å²) in [5.41, 5.74) is 1.95. The van der Waals surface area contributed by atoms with E-state index in [0.717, 1.165) is 5.56 Å². The Morgan fingerprint density at radius 2 is 1.86 bits per heavy atom. The number of carboxylic acids is 1. The third-order valence-electron chi connectivity index (χ3n) is 5.96. The number of methoxy groups -OCH3 is 2. The number of fused-ring (bicyclic) bond motifs is 1. The van der Waals surface area contributed by atoms with Crippen LogP contribution in [0.3, 0.4) is 0 Å². The van der Waals surface area contributed by atoms with Gasteiger partial charge in [-0.3, -0.25) is 4.79 Å². The summed E-state index contributed by atoms with van der Waals surface area (Å²) >= 11 is 6.34. The number of carboxylic acid groups (broad SMARTS) is 1. The van der Waals surface area contributed by atoms with Crippen molar-refractivity contribution >= 4 is 23.4 Å². The van der Waals surface area contributed by atoms with Gasteiger partial charge in [-0.15, -0.1) is 0 Å². The minimum Gasteiger partial charge on any atom is -0.549 e. The molecule has 0 radical (unpaired) electrons. The van der Waals surface area contributed by atoms with Crippen LogP contribution < -0.4 is 53.6 Å². The average Bonchev–Trinajstić information content (AvgIpc) is 2.89. The molecule has 188 valence electrons. The van der Waals surface area contributed by atoms with Crippen molar-refractivity contribution in [1.82, 2.24) is 4.98 Å². The van der Waals surface area contributed by atoms with E-state index in [4.69, 9.17) is 30.5 Å². The number of pyridine rings is 1. The van der Waals surface area contributed by atoms with Crippen LogP contribution in [0.4, 0.5) is 0 Å². The Morgan fingerprint density at radius 3 is 2.54 bits per heavy atom. The summed E-state index contributed by atoms with van der Waals surface area (Å²) in [6, 6.07) is 13.5. The molecule has 4 rings (SSSR count). The topological polar surface area (TPSA) is 107 Å². The van der Waals surface area contributed by atoms with Crippen LogP contribution in [0.2, 0.25) is 5.02 Å². The van der Waals surface area contributed by atoms with Crippen molar-refractivity contribution in [3.05, 3.63) is 70.2 Å². The van der Waals surface area contributed by atoms with E-state index in [-0.39, 0.29) is 47.0 Å². The summed E-state index contributed by atoms with van der Waals surface area (Å²) in [6.07, 6.45) is 1.97. The van der Waals surface area contributed by atoms with Crippen molar-refractivity contribution in [2.75, 3.05) is 20.8 Å². The van der Waals surface area contributed by atoms with Crippen molar-refractivity contribution in [3.63, 3.8) is 0 Å². The zero-order chi connectivity index (χ0) is 25.7. The van der Waals surface area contributed by atoms with E-state index in [1.54, 1.807) is 50.6 Å². The van der Waals surface area contributed by atoms with Crippen molar-refractivity contribution in [3.8, 4) is 29.0 Å². The monoisotopic (exact) mass is 533 g/mol. The Kier molecular flexibility index (Phi) is 10.2. The third kappa shape index (κ3) is 6.96. The van der Waals surface area contributed by atoms with Crippen LogP contribution in [0.15, 0.2) is 48.5 Å². The molecular weight excluding hydrogens is 509 g/mol. The van der Waals surface area contributed by atoms with E-state index in [9.17, 15) is 14.7 Å². The van der Waals surface area contributed by atoms with Crippen LogP contribution >= 0.6 is 11.6 Å². The van der Waals surface area contributed by atoms with Crippen molar-refractivity contribution in [2.45, 2.75) is 31.6 Å². The SMILES string of the molecule is COc1ccc(CCCC(=O)c2ccc(Oc3cc4c(cc3Cl)C(C(=O)[O-])CCO4)cc2)c(OC)n1.[Na+]. The van der Waals surface area contributed by atoms with Crippen LogP contribution in [0.5, 0.6) is 29.0 Å². The number of benzene rings is 2. The Bertz CT molecular complexity index is 1270. The molecule has 1 unspecified atom stereocenters. The molecule has 1 aromatic heterocycles. The van der Waals surface area contributed by atoms with Crippen LogP contribution in [0.25, 0.3) is 0 Å². The fourth-order valence-electron chi connectivity index (χ4n) is 4.07. The van der Waals surface area contributed by atoms with Gasteiger partial charge in [-0.25, -0.2) is 0 Å². The minimum atomic E-state index is -1.16. The van der Waals surface area contributed by atoms with E-state index >= 15 is 0 Å². The van der Waals surface area contributed by atoms with Gasteiger partial charge in [-0.05, 0) is 55.7 Å². The third-order valence-corrected chi connectivity index (χ3v) is 6.25. The number of carbonyl (C=O) groups excluding carboxylic acids is 2. The van der Waals surface area contributed by atoms with Gasteiger partial charge in [0.05, 0.1) is 25.8 Å². The number of carbonyl (C=O) groups is 2. The molecule has 0 saturated heterocycles. The zero-order valence-electron chi connectivity index (χ0n) is 20.9. The van der Waals surface area contributed by atoms with Gasteiger partial charge < -0.3 is 28.8 Å². The first-order chi connectivity index (χ1) is 17.4. The number of ketones is 1. The first-order valence-electron chi connectivity index (χ1n) is 11.5. The molecule has 2 heterocycles. The summed E-state index contributed by atoms with van der Waals surface area (Å²) in [5.74, 6) is 0.257. The quantitative estimate of drug-likeness (QED) is 0.284. The zero-order valence-corrected chi connectivity index (χ0v) is 23.7. The second-order valence-electron chi connectivity index (χ2n) is 8.25. The number of hydrogen-bond acceptors (Lipinski definition) is 8. The van der Waals surface area contributed by atoms with Crippen LogP contribution in [-0.2, 0) is 11.2 Å². The van der Waals surface area contributed by atoms with Gasteiger partial charge >= 0.3 is 29.6 Å². The molecule has 3 aromatic rings. The Hall–Kier alpha value is -2.78. The molecule has 0 bridgehead atoms. The van der Waals surface area contributed by atoms with Gasteiger partial charge in [0.2, 0.25) is 11.8 Å². The molecule has 1 aliphatic heterocycles. The number of aromatic nitrogens is 1. The van der Waals surface area contributed by atoms with Gasteiger partial charge in [-0.1, -0.05) is 11.6 Å². The Morgan fingerprint density at radius 1 is 1.11 bits per heavy atom. The molecule has 1 aliphatic rings. The van der Waals surface area contributed by atoms with Gasteiger partial charge in [-0.2, -0.15) is 4.98 Å². The maximum absolute atomic E-state index is 12.7. The molecule has 1 atom stereocenters. The van der Waals surface area contributed by atoms with Gasteiger partial charge in [0.1, 0.15) is 17.2 Å². The van der Waals surface area contributed by atoms with Gasteiger partial charge in [0, 0.05) is 47.1 Å². The predicted molar refractivity (Wildman–Crippen MR) is 130 cm³/mol. The Labute approximate surface area is 242 Å². The van der Waals surface area contributed by atoms with Crippen molar-refractivity contribution in [1.29, 1.82) is 0 Å². The van der Waals surface area contributed by atoms with Gasteiger partial charge in [0.15, 0.2) is 5.78 Å². The number of ether oxygens (including phenoxy) is 4. The minimum absolute atomic E-state index is 0. The molecule has 0 amide bonds. The molecular formula is C27H25ClNNaO7. The van der Waals surface area contributed by atoms with E-state index in [1.165, 1.54) is 6.07 Å². The van der Waals surface area contributed by atoms with E-state index < -0.39 is 11.9 Å². The normalized spacial score (nSPS) is 14.0. The number of rotatable bonds is 10. The molecule has 37 heavy (non-hydrogen) atoms. The number of nitrogens with zero attached hydrogens (tertiary/aromatic N) is 1. The number of aryl methyl sites for hydroxylation is 1. The van der Waals surface area contributed by atoms with Crippen molar-refractivity contribution < 1.29 is 63.2 Å². The van der Waals surface area contributed by atoms with E-state index in [2.05, 4.69) is 4.98 Å². The summed E-state index contributed by atoms with van der Waals surface area (Å²) in [6.45, 7) is 0.269. The fourth-order valence-corrected chi connectivity index (χ4v) is 4.28. The summed E-state index contributed by atoms with van der Waals surface area (Å²) < 4.78 is 21.9. The molecule has 0 N–H and O–H groups in total. The van der Waals surface area contributed by atoms with Gasteiger partial charge in [0.25, 0.3) is 0 Å². The number of halogens is 1. The second-order valence-corrected chi connectivity index (χ2v) is 8.66. The molecule has 10 heteroatoms. The predicted octanol–water partition coefficient (Wildman–Crippen LogP) is 1.37. The van der Waals surface area contributed by atoms with Crippen LogP contribution in [0, 0.1) is 0 Å². The molecule has 0 spiro atoms. The average molecular weight is 534 g/mol. The molecule has 0 saturated carbocycles. The smallest absolute Gasteiger partial charge is 0.549 e. The van der Waals surface area contributed by atoms with Crippen molar-refractivity contribution in [2.24, 2.45) is 0 Å². The molecule has 2 aromatic carbocycles. The van der Waals surface area contributed by atoms with Crippen LogP contribution in [0.1, 0.15) is 46.7 Å². The maximum Gasteiger partial charge on any atom is 1.00 e. The fraction of sp³-hybridized carbons (Fsp3) is 0.296. The van der Waals surface area contributed by atoms with Crippen LogP contribution in [-0.4, -0.2) is 37.6 Å². The maximum atomic E-state index is 12.7. The van der Waals surface area contributed by atoms with E-state index in [1.807, 2.05) is 6.07 Å². The Balaban J connectivity index is 0.00000380. The summed E-state index contributed by atoms with van der Waals surface area (Å²) in [5, 5.41) is 11.7. The number of hydrogen-bond donors (Lipinski definition) is 0. The largest absolute Gasteiger partial charge is 1.00 e. The molecule has 0 aliphatic carbocycles. The number of aliphatic carboxylic acids is 1. The standard InChI is InChI=1S/C27H26ClNO7.Na/c1-33-25-11-8-17(26(29-25)34-2)4-3-5-22(30)16-6-9-18(10-7-16)36-24-15-23-20(14-21(24)28)19(27(31)32)12-13-35-23;/h6-11,14-15,19H,3-5,12-13H2,1-2H3,(H,31,32);/q;+1/p-1. The van der Waals surface area contributed by atoms with E-state index in [0.29, 0.717) is 65.8 Å². The number of Topliss-reactive ketones (excluding diaryl/α,β-unsaturated/α-hetero) is 1. The molecule has 8 nitrogen and oxygen atoms in total. The summed E-state index contributed by atoms with van der Waals surface area (Å²) in [7, 11) is 3.09. The second kappa shape index (κ2) is 13.1.